The predicted octanol–water partition coefficient (Wildman–Crippen LogP) is 4.72. The topological polar surface area (TPSA) is 135 Å². The molecule has 0 saturated carbocycles. The summed E-state index contributed by atoms with van der Waals surface area (Å²) in [6.07, 6.45) is 4.62. The van der Waals surface area contributed by atoms with Crippen molar-refractivity contribution < 1.29 is 38.5 Å². The number of ether oxygens (including phenoxy) is 3. The van der Waals surface area contributed by atoms with Crippen molar-refractivity contribution in [3.63, 3.8) is 0 Å². The molecule has 6 rings (SSSR count). The zero-order valence-electron chi connectivity index (χ0n) is 28.7. The number of rotatable bonds is 8. The van der Waals surface area contributed by atoms with E-state index in [1.165, 1.54) is 12.0 Å². The van der Waals surface area contributed by atoms with Gasteiger partial charge in [-0.25, -0.2) is 0 Å². The molecular weight excluding hydrogens is 742 g/mol. The SMILES string of the molecule is CC[C@H](C)[C@H](CO)N1C(=O)[C@H]2[C@@H]3C(=O)O[C@H](c4ccccc4)[C@@H](COC)NC(=O)CC/C=C\CN(c4ccc(Cl)cc4)C(=O)[C@H]1[C@@]21C=C(Br)[C@@H]3O1. The number of halogens is 2. The van der Waals surface area contributed by atoms with Crippen molar-refractivity contribution >= 4 is 56.9 Å². The van der Waals surface area contributed by atoms with Crippen molar-refractivity contribution in [1.82, 2.24) is 10.2 Å². The largest absolute Gasteiger partial charge is 0.455 e. The van der Waals surface area contributed by atoms with Crippen molar-refractivity contribution in [2.75, 3.05) is 31.8 Å². The van der Waals surface area contributed by atoms with Gasteiger partial charge in [-0.2, -0.15) is 0 Å². The number of hydrogen-bond acceptors (Lipinski definition) is 8. The van der Waals surface area contributed by atoms with Gasteiger partial charge in [-0.3, -0.25) is 19.2 Å². The molecule has 2 aromatic carbocycles. The van der Waals surface area contributed by atoms with Crippen LogP contribution in [0.15, 0.2) is 77.3 Å². The quantitative estimate of drug-likeness (QED) is 0.291. The van der Waals surface area contributed by atoms with E-state index in [9.17, 15) is 19.5 Å². The van der Waals surface area contributed by atoms with Crippen LogP contribution in [0.25, 0.3) is 0 Å². The van der Waals surface area contributed by atoms with E-state index in [-0.39, 0.29) is 31.4 Å². The fourth-order valence-electron chi connectivity index (χ4n) is 7.87. The third-order valence-corrected chi connectivity index (χ3v) is 11.5. The molecule has 272 valence electrons. The summed E-state index contributed by atoms with van der Waals surface area (Å²) in [4.78, 5) is 60.9. The molecule has 13 heteroatoms. The molecule has 2 saturated heterocycles. The molecule has 3 amide bonds. The van der Waals surface area contributed by atoms with Gasteiger partial charge in [0.1, 0.15) is 29.8 Å². The van der Waals surface area contributed by atoms with Crippen molar-refractivity contribution in [1.29, 1.82) is 0 Å². The second-order valence-electron chi connectivity index (χ2n) is 13.5. The molecule has 5 bridgehead atoms. The van der Waals surface area contributed by atoms with Crippen molar-refractivity contribution in [3.8, 4) is 0 Å². The number of esters is 1. The molecule has 4 aliphatic rings. The van der Waals surface area contributed by atoms with Gasteiger partial charge in [0, 0.05) is 35.3 Å². The molecule has 2 N–H and O–H groups in total. The number of aliphatic hydroxyl groups excluding tert-OH is 1. The van der Waals surface area contributed by atoms with E-state index in [0.29, 0.717) is 33.6 Å². The summed E-state index contributed by atoms with van der Waals surface area (Å²) in [5.41, 5.74) is -0.393. The number of anilines is 1. The molecule has 2 aromatic rings. The van der Waals surface area contributed by atoms with Crippen LogP contribution in [0.5, 0.6) is 0 Å². The second-order valence-corrected chi connectivity index (χ2v) is 14.9. The Labute approximate surface area is 311 Å². The van der Waals surface area contributed by atoms with Gasteiger partial charge in [0.05, 0.1) is 31.2 Å². The lowest BCUT2D eigenvalue weighted by Gasteiger charge is -2.40. The van der Waals surface area contributed by atoms with Crippen LogP contribution in [0, 0.1) is 17.8 Å². The van der Waals surface area contributed by atoms with Crippen LogP contribution in [0.2, 0.25) is 5.02 Å². The summed E-state index contributed by atoms with van der Waals surface area (Å²) in [6, 6.07) is 13.1. The van der Waals surface area contributed by atoms with Crippen molar-refractivity contribution in [2.45, 2.75) is 69.0 Å². The fourth-order valence-corrected chi connectivity index (χ4v) is 8.73. The summed E-state index contributed by atoms with van der Waals surface area (Å²) in [6.45, 7) is 3.63. The molecular formula is C38H43BrClN3O8. The van der Waals surface area contributed by atoms with E-state index in [4.69, 9.17) is 25.8 Å². The van der Waals surface area contributed by atoms with E-state index in [1.54, 1.807) is 53.5 Å². The number of fused-ring (bicyclic) bond motifs is 2. The first-order valence-corrected chi connectivity index (χ1v) is 18.5. The Morgan fingerprint density at radius 1 is 1.06 bits per heavy atom. The Balaban J connectivity index is 1.52. The van der Waals surface area contributed by atoms with E-state index in [0.717, 1.165) is 0 Å². The maximum Gasteiger partial charge on any atom is 0.313 e. The maximum atomic E-state index is 15.2. The molecule has 0 unspecified atom stereocenters. The van der Waals surface area contributed by atoms with Crippen LogP contribution in [-0.4, -0.2) is 90.4 Å². The average molecular weight is 785 g/mol. The number of amides is 3. The van der Waals surface area contributed by atoms with E-state index in [2.05, 4.69) is 21.2 Å². The van der Waals surface area contributed by atoms with E-state index < -0.39 is 72.2 Å². The number of carbonyl (C=O) groups excluding carboxylic acids is 4. The fraction of sp³-hybridized carbons (Fsp3) is 0.474. The number of cyclic esters (lactones) is 1. The van der Waals surface area contributed by atoms with Crippen molar-refractivity contribution in [2.24, 2.45) is 17.8 Å². The highest BCUT2D eigenvalue weighted by Crippen LogP contribution is 2.59. The number of methoxy groups -OCH3 is 1. The molecule has 51 heavy (non-hydrogen) atoms. The van der Waals surface area contributed by atoms with Crippen LogP contribution < -0.4 is 10.2 Å². The first kappa shape index (κ1) is 37.2. The monoisotopic (exact) mass is 783 g/mol. The lowest BCUT2D eigenvalue weighted by molar-refractivity contribution is -0.163. The highest BCUT2D eigenvalue weighted by molar-refractivity contribution is 9.11. The number of carbonyl (C=O) groups is 4. The number of nitrogens with one attached hydrogen (secondary N) is 1. The van der Waals surface area contributed by atoms with Crippen LogP contribution in [0.4, 0.5) is 5.69 Å². The summed E-state index contributed by atoms with van der Waals surface area (Å²) in [7, 11) is 1.50. The van der Waals surface area contributed by atoms with Gasteiger partial charge in [-0.1, -0.05) is 90.3 Å². The Morgan fingerprint density at radius 2 is 1.78 bits per heavy atom. The number of nitrogens with zero attached hydrogens (tertiary/aromatic N) is 2. The van der Waals surface area contributed by atoms with Gasteiger partial charge in [0.2, 0.25) is 11.8 Å². The van der Waals surface area contributed by atoms with Gasteiger partial charge in [-0.15, -0.1) is 0 Å². The highest BCUT2D eigenvalue weighted by atomic mass is 79.9. The predicted molar refractivity (Wildman–Crippen MR) is 194 cm³/mol. The molecule has 4 heterocycles. The first-order valence-electron chi connectivity index (χ1n) is 17.3. The number of likely N-dealkylation sites (tertiary alicyclic amines) is 1. The second kappa shape index (κ2) is 15.6. The minimum Gasteiger partial charge on any atom is -0.455 e. The summed E-state index contributed by atoms with van der Waals surface area (Å²) in [5.74, 6) is -4.37. The summed E-state index contributed by atoms with van der Waals surface area (Å²) < 4.78 is 19.0. The van der Waals surface area contributed by atoms with E-state index >= 15 is 4.79 Å². The third kappa shape index (κ3) is 6.89. The standard InChI is InChI=1S/C38H43BrClN3O8/c1-4-22(2)28(20-44)43-34-36(47)42(25-16-14-24(40)15-17-25)18-10-6-9-13-29(45)41-27(21-49-3)32(23-11-7-5-8-12-23)50-37(48)30-31(35(43)46)38(34)19-26(39)33(30)51-38/h5-8,10-12,14-17,19,22,27-28,30-34,44H,4,9,13,18,20-21H2,1-3H3,(H,41,45)/b10-6-/t22-,27+,28-,30-,31+,32+,33-,34-,38+/m0/s1. The average Bonchev–Trinajstić information content (AvgIpc) is 3.72. The third-order valence-electron chi connectivity index (χ3n) is 10.5. The number of aliphatic hydroxyl groups is 1. The minimum atomic E-state index is -1.55. The van der Waals surface area contributed by atoms with Gasteiger partial charge in [0.25, 0.3) is 5.91 Å². The maximum absolute atomic E-state index is 15.2. The molecule has 4 aliphatic heterocycles. The van der Waals surface area contributed by atoms with Crippen LogP contribution in [0.1, 0.15) is 44.8 Å². The molecule has 11 nitrogen and oxygen atoms in total. The van der Waals surface area contributed by atoms with Crippen LogP contribution in [0.3, 0.4) is 0 Å². The molecule has 0 aliphatic carbocycles. The molecule has 9 atom stereocenters. The number of hydrogen-bond donors (Lipinski definition) is 2. The molecule has 0 radical (unpaired) electrons. The smallest absolute Gasteiger partial charge is 0.313 e. The van der Waals surface area contributed by atoms with Crippen molar-refractivity contribution in [3.05, 3.63) is 87.9 Å². The van der Waals surface area contributed by atoms with Gasteiger partial charge < -0.3 is 34.4 Å². The molecule has 0 aromatic heterocycles. The van der Waals surface area contributed by atoms with Crippen LogP contribution >= 0.6 is 27.5 Å². The van der Waals surface area contributed by atoms with E-state index in [1.807, 2.05) is 38.1 Å². The van der Waals surface area contributed by atoms with Crippen LogP contribution in [-0.2, 0) is 33.4 Å². The molecule has 2 fully saturated rings. The highest BCUT2D eigenvalue weighted by Gasteiger charge is 2.75. The Kier molecular flexibility index (Phi) is 11.4. The number of benzene rings is 2. The Hall–Kier alpha value is -3.55. The summed E-state index contributed by atoms with van der Waals surface area (Å²) >= 11 is 9.84. The molecule has 1 spiro atoms. The Bertz CT molecular complexity index is 1690. The van der Waals surface area contributed by atoms with Gasteiger partial charge >= 0.3 is 5.97 Å². The van der Waals surface area contributed by atoms with Gasteiger partial charge in [-0.05, 0) is 48.2 Å². The Morgan fingerprint density at radius 3 is 2.45 bits per heavy atom. The zero-order valence-corrected chi connectivity index (χ0v) is 31.1. The number of allylic oxidation sites excluding steroid dienone is 1. The van der Waals surface area contributed by atoms with Gasteiger partial charge in [0.15, 0.2) is 0 Å². The summed E-state index contributed by atoms with van der Waals surface area (Å²) in [5, 5.41) is 14.3. The lowest BCUT2D eigenvalue weighted by Crippen LogP contribution is -2.59. The minimum absolute atomic E-state index is 0.0440. The normalized spacial score (nSPS) is 31.5. The first-order chi connectivity index (χ1) is 24.6. The zero-order chi connectivity index (χ0) is 36.4. The lowest BCUT2D eigenvalue weighted by atomic mass is 9.74.